The molecule has 0 aliphatic carbocycles. The summed E-state index contributed by atoms with van der Waals surface area (Å²) in [5.74, 6) is 1.49. The molecule has 25 heavy (non-hydrogen) atoms. The van der Waals surface area contributed by atoms with Gasteiger partial charge in [0, 0.05) is 26.3 Å². The van der Waals surface area contributed by atoms with Gasteiger partial charge in [0.2, 0.25) is 0 Å². The highest BCUT2D eigenvalue weighted by molar-refractivity contribution is 5.33. The molecule has 1 aromatic carbocycles. The number of likely N-dealkylation sites (tertiary alicyclic amines) is 1. The van der Waals surface area contributed by atoms with E-state index in [9.17, 15) is 5.11 Å². The fourth-order valence-corrected chi connectivity index (χ4v) is 3.72. The van der Waals surface area contributed by atoms with Crippen molar-refractivity contribution in [2.45, 2.75) is 32.8 Å². The highest BCUT2D eigenvalue weighted by Crippen LogP contribution is 2.21. The monoisotopic (exact) mass is 343 g/mol. The van der Waals surface area contributed by atoms with Gasteiger partial charge in [-0.1, -0.05) is 6.07 Å². The fourth-order valence-electron chi connectivity index (χ4n) is 3.72. The first-order chi connectivity index (χ1) is 12.0. The van der Waals surface area contributed by atoms with Crippen molar-refractivity contribution in [3.05, 3.63) is 47.3 Å². The number of hydrogen-bond donors (Lipinski definition) is 1. The fraction of sp³-hybridized carbons (Fsp3) is 0.550. The molecule has 1 fully saturated rings. The number of β-amino-alcohol motifs (C(OH)–C–C–N with tert-alkyl or cyclic N) is 1. The number of hydrogen-bond acceptors (Lipinski definition) is 4. The van der Waals surface area contributed by atoms with E-state index in [4.69, 9.17) is 4.74 Å². The first-order valence-electron chi connectivity index (χ1n) is 9.07. The van der Waals surface area contributed by atoms with Crippen LogP contribution in [0.4, 0.5) is 0 Å². The van der Waals surface area contributed by atoms with Gasteiger partial charge < -0.3 is 14.7 Å². The third-order valence-corrected chi connectivity index (χ3v) is 4.76. The molecular formula is C20H29N3O2. The molecule has 0 saturated carbocycles. The van der Waals surface area contributed by atoms with E-state index in [1.165, 1.54) is 23.1 Å². The van der Waals surface area contributed by atoms with Gasteiger partial charge in [0.15, 0.2) is 0 Å². The van der Waals surface area contributed by atoms with E-state index in [1.54, 1.807) is 0 Å². The minimum atomic E-state index is -0.460. The Morgan fingerprint density at radius 3 is 2.72 bits per heavy atom. The second-order valence-electron chi connectivity index (χ2n) is 7.43. The van der Waals surface area contributed by atoms with E-state index in [0.717, 1.165) is 25.3 Å². The maximum atomic E-state index is 10.3. The zero-order chi connectivity index (χ0) is 17.8. The number of aliphatic hydroxyl groups is 1. The molecule has 136 valence electrons. The number of nitrogens with zero attached hydrogens (tertiary/aromatic N) is 3. The Bertz CT molecular complexity index is 678. The maximum Gasteiger partial charge on any atom is 0.119 e. The SMILES string of the molecule is Cc1cc(C)cc(OCC(O)CN2CCC(Cc3cnn(C)c3)C2)c1. The van der Waals surface area contributed by atoms with E-state index in [1.807, 2.05) is 30.1 Å². The van der Waals surface area contributed by atoms with Gasteiger partial charge in [-0.2, -0.15) is 5.10 Å². The van der Waals surface area contributed by atoms with Gasteiger partial charge in [0.05, 0.1) is 6.20 Å². The summed E-state index contributed by atoms with van der Waals surface area (Å²) >= 11 is 0. The molecule has 0 radical (unpaired) electrons. The number of aliphatic hydroxyl groups excluding tert-OH is 1. The van der Waals surface area contributed by atoms with Crippen LogP contribution in [0.15, 0.2) is 30.6 Å². The number of ether oxygens (including phenoxy) is 1. The van der Waals surface area contributed by atoms with Crippen LogP contribution in [-0.2, 0) is 13.5 Å². The van der Waals surface area contributed by atoms with Crippen molar-refractivity contribution in [3.8, 4) is 5.75 Å². The summed E-state index contributed by atoms with van der Waals surface area (Å²) in [7, 11) is 1.95. The summed E-state index contributed by atoms with van der Waals surface area (Å²) in [4.78, 5) is 2.34. The van der Waals surface area contributed by atoms with Crippen LogP contribution in [-0.4, -0.2) is 52.1 Å². The number of rotatable bonds is 7. The number of aromatic nitrogens is 2. The molecule has 1 saturated heterocycles. The molecule has 2 heterocycles. The average Bonchev–Trinajstić information content (AvgIpc) is 3.14. The summed E-state index contributed by atoms with van der Waals surface area (Å²) in [5, 5.41) is 14.5. The van der Waals surface area contributed by atoms with Gasteiger partial charge in [0.25, 0.3) is 0 Å². The molecule has 3 rings (SSSR count). The molecule has 0 spiro atoms. The van der Waals surface area contributed by atoms with E-state index in [-0.39, 0.29) is 0 Å². The summed E-state index contributed by atoms with van der Waals surface area (Å²) in [6, 6.07) is 6.15. The lowest BCUT2D eigenvalue weighted by Crippen LogP contribution is -2.34. The van der Waals surface area contributed by atoms with Crippen LogP contribution in [0.1, 0.15) is 23.1 Å². The lowest BCUT2D eigenvalue weighted by Gasteiger charge is -2.20. The lowest BCUT2D eigenvalue weighted by molar-refractivity contribution is 0.0746. The zero-order valence-electron chi connectivity index (χ0n) is 15.5. The van der Waals surface area contributed by atoms with Crippen molar-refractivity contribution in [1.82, 2.24) is 14.7 Å². The minimum absolute atomic E-state index is 0.340. The Balaban J connectivity index is 1.41. The molecule has 1 N–H and O–H groups in total. The van der Waals surface area contributed by atoms with Crippen molar-refractivity contribution in [2.75, 3.05) is 26.2 Å². The van der Waals surface area contributed by atoms with Crippen LogP contribution >= 0.6 is 0 Å². The smallest absolute Gasteiger partial charge is 0.119 e. The predicted octanol–water partition coefficient (Wildman–Crippen LogP) is 2.34. The number of aryl methyl sites for hydroxylation is 3. The molecule has 0 bridgehead atoms. The van der Waals surface area contributed by atoms with Gasteiger partial charge in [-0.15, -0.1) is 0 Å². The third kappa shape index (κ3) is 5.31. The Hall–Kier alpha value is -1.85. The largest absolute Gasteiger partial charge is 0.491 e. The molecule has 1 aliphatic heterocycles. The van der Waals surface area contributed by atoms with Crippen molar-refractivity contribution < 1.29 is 9.84 Å². The second-order valence-corrected chi connectivity index (χ2v) is 7.43. The van der Waals surface area contributed by atoms with E-state index in [2.05, 4.69) is 36.1 Å². The molecular weight excluding hydrogens is 314 g/mol. The van der Waals surface area contributed by atoms with Gasteiger partial charge in [-0.3, -0.25) is 4.68 Å². The minimum Gasteiger partial charge on any atom is -0.491 e. The molecule has 0 amide bonds. The predicted molar refractivity (Wildman–Crippen MR) is 98.9 cm³/mol. The molecule has 2 atom stereocenters. The number of benzene rings is 1. The summed E-state index contributed by atoms with van der Waals surface area (Å²) in [5.41, 5.74) is 3.66. The van der Waals surface area contributed by atoms with Gasteiger partial charge in [-0.05, 0) is 68.0 Å². The molecule has 5 heteroatoms. The first-order valence-corrected chi connectivity index (χ1v) is 9.07. The van der Waals surface area contributed by atoms with E-state index >= 15 is 0 Å². The standard InChI is InChI=1S/C20H29N3O2/c1-15-6-16(2)8-20(7-15)25-14-19(24)13-23-5-4-17(12-23)9-18-10-21-22(3)11-18/h6-8,10-11,17,19,24H,4-5,9,12-14H2,1-3H3. The Morgan fingerprint density at radius 2 is 2.04 bits per heavy atom. The molecule has 2 unspecified atom stereocenters. The van der Waals surface area contributed by atoms with Crippen LogP contribution in [0, 0.1) is 19.8 Å². The summed E-state index contributed by atoms with van der Waals surface area (Å²) in [6.07, 6.45) is 5.83. The Kier molecular flexibility index (Phi) is 5.76. The Labute approximate surface area is 150 Å². The molecule has 2 aromatic rings. The molecule has 5 nitrogen and oxygen atoms in total. The van der Waals surface area contributed by atoms with Gasteiger partial charge in [-0.25, -0.2) is 0 Å². The van der Waals surface area contributed by atoms with Crippen LogP contribution < -0.4 is 4.74 Å². The molecule has 1 aliphatic rings. The lowest BCUT2D eigenvalue weighted by atomic mass is 10.0. The zero-order valence-corrected chi connectivity index (χ0v) is 15.5. The quantitative estimate of drug-likeness (QED) is 0.838. The highest BCUT2D eigenvalue weighted by atomic mass is 16.5. The highest BCUT2D eigenvalue weighted by Gasteiger charge is 2.24. The first kappa shape index (κ1) is 18.0. The maximum absolute atomic E-state index is 10.3. The third-order valence-electron chi connectivity index (χ3n) is 4.76. The van der Waals surface area contributed by atoms with E-state index < -0.39 is 6.10 Å². The van der Waals surface area contributed by atoms with E-state index in [0.29, 0.717) is 19.1 Å². The van der Waals surface area contributed by atoms with Gasteiger partial charge in [0.1, 0.15) is 18.5 Å². The van der Waals surface area contributed by atoms with Crippen LogP contribution in [0.2, 0.25) is 0 Å². The normalized spacial score (nSPS) is 19.3. The Morgan fingerprint density at radius 1 is 1.28 bits per heavy atom. The van der Waals surface area contributed by atoms with Crippen LogP contribution in [0.5, 0.6) is 5.75 Å². The topological polar surface area (TPSA) is 50.5 Å². The van der Waals surface area contributed by atoms with Crippen LogP contribution in [0.3, 0.4) is 0 Å². The summed E-state index contributed by atoms with van der Waals surface area (Å²) in [6.45, 7) is 7.22. The van der Waals surface area contributed by atoms with Crippen molar-refractivity contribution >= 4 is 0 Å². The van der Waals surface area contributed by atoms with Gasteiger partial charge >= 0.3 is 0 Å². The van der Waals surface area contributed by atoms with Crippen LogP contribution in [0.25, 0.3) is 0 Å². The van der Waals surface area contributed by atoms with Crippen molar-refractivity contribution in [3.63, 3.8) is 0 Å². The average molecular weight is 343 g/mol. The molecule has 1 aromatic heterocycles. The summed E-state index contributed by atoms with van der Waals surface area (Å²) < 4.78 is 7.63. The second kappa shape index (κ2) is 8.02. The van der Waals surface area contributed by atoms with Crippen molar-refractivity contribution in [2.24, 2.45) is 13.0 Å². The van der Waals surface area contributed by atoms with Crippen molar-refractivity contribution in [1.29, 1.82) is 0 Å².